The topological polar surface area (TPSA) is 36.5 Å². The number of benzene rings is 2. The van der Waals surface area contributed by atoms with Gasteiger partial charge in [0, 0.05) is 35.2 Å². The van der Waals surface area contributed by atoms with Crippen LogP contribution in [0.15, 0.2) is 42.5 Å². The summed E-state index contributed by atoms with van der Waals surface area (Å²) in [7, 11) is 0. The van der Waals surface area contributed by atoms with Gasteiger partial charge in [0.1, 0.15) is 0 Å². The smallest absolute Gasteiger partial charge is 0.175 e. The van der Waals surface area contributed by atoms with Gasteiger partial charge in [-0.3, -0.25) is 0 Å². The number of morpholine rings is 1. The molecule has 126 valence electrons. The first kappa shape index (κ1) is 17.0. The number of nitrogens with zero attached hydrogens (tertiary/aromatic N) is 1. The van der Waals surface area contributed by atoms with Gasteiger partial charge in [0.2, 0.25) is 0 Å². The summed E-state index contributed by atoms with van der Waals surface area (Å²) in [5.41, 5.74) is 4.04. The van der Waals surface area contributed by atoms with Gasteiger partial charge in [0.25, 0.3) is 0 Å². The van der Waals surface area contributed by atoms with Crippen LogP contribution in [0.4, 0.5) is 17.1 Å². The average Bonchev–Trinajstić information content (AvgIpc) is 2.60. The third-order valence-corrected chi connectivity index (χ3v) is 4.63. The lowest BCUT2D eigenvalue weighted by molar-refractivity contribution is 0.122. The van der Waals surface area contributed by atoms with Gasteiger partial charge < -0.3 is 20.3 Å². The van der Waals surface area contributed by atoms with Gasteiger partial charge in [-0.2, -0.15) is 0 Å². The molecule has 0 amide bonds. The first-order valence-electron chi connectivity index (χ1n) is 7.89. The van der Waals surface area contributed by atoms with E-state index in [9.17, 15) is 0 Å². The molecule has 3 rings (SSSR count). The average molecular weight is 362 g/mol. The van der Waals surface area contributed by atoms with Gasteiger partial charge in [-0.05, 0) is 61.1 Å². The predicted molar refractivity (Wildman–Crippen MR) is 106 cm³/mol. The molecule has 4 nitrogen and oxygen atoms in total. The van der Waals surface area contributed by atoms with E-state index in [2.05, 4.69) is 27.7 Å². The Morgan fingerprint density at radius 2 is 1.79 bits per heavy atom. The van der Waals surface area contributed by atoms with Gasteiger partial charge in [0.05, 0.1) is 13.2 Å². The lowest BCUT2D eigenvalue weighted by atomic mass is 10.2. The number of halogens is 1. The Kier molecular flexibility index (Phi) is 5.56. The van der Waals surface area contributed by atoms with E-state index >= 15 is 0 Å². The van der Waals surface area contributed by atoms with Crippen molar-refractivity contribution in [3.8, 4) is 0 Å². The zero-order valence-electron chi connectivity index (χ0n) is 13.5. The number of anilines is 3. The van der Waals surface area contributed by atoms with Crippen molar-refractivity contribution >= 4 is 46.0 Å². The molecular formula is C18H20ClN3OS. The van der Waals surface area contributed by atoms with Gasteiger partial charge >= 0.3 is 0 Å². The number of hydrogen-bond donors (Lipinski definition) is 2. The van der Waals surface area contributed by atoms with Crippen LogP contribution in [0.5, 0.6) is 0 Å². The molecule has 2 aromatic rings. The maximum Gasteiger partial charge on any atom is 0.175 e. The van der Waals surface area contributed by atoms with E-state index in [-0.39, 0.29) is 0 Å². The fourth-order valence-corrected chi connectivity index (χ4v) is 3.01. The minimum atomic E-state index is 0.541. The van der Waals surface area contributed by atoms with Crippen molar-refractivity contribution in [1.82, 2.24) is 0 Å². The number of ether oxygens (including phenoxy) is 1. The van der Waals surface area contributed by atoms with Gasteiger partial charge in [-0.1, -0.05) is 17.7 Å². The maximum absolute atomic E-state index is 6.13. The molecule has 24 heavy (non-hydrogen) atoms. The first-order chi connectivity index (χ1) is 11.6. The van der Waals surface area contributed by atoms with Crippen LogP contribution in [-0.4, -0.2) is 31.4 Å². The van der Waals surface area contributed by atoms with Crippen molar-refractivity contribution in [3.05, 3.63) is 53.1 Å². The number of nitrogens with one attached hydrogen (secondary N) is 2. The van der Waals surface area contributed by atoms with E-state index in [1.807, 2.05) is 37.3 Å². The molecule has 2 N–H and O–H groups in total. The van der Waals surface area contributed by atoms with Gasteiger partial charge in [0.15, 0.2) is 5.11 Å². The second-order valence-electron chi connectivity index (χ2n) is 5.64. The van der Waals surface area contributed by atoms with Crippen LogP contribution < -0.4 is 15.5 Å². The zero-order valence-corrected chi connectivity index (χ0v) is 15.1. The molecule has 1 aliphatic heterocycles. The fourth-order valence-electron chi connectivity index (χ4n) is 2.60. The lowest BCUT2D eigenvalue weighted by Crippen LogP contribution is -2.36. The second-order valence-corrected chi connectivity index (χ2v) is 6.45. The molecule has 0 bridgehead atoms. The maximum atomic E-state index is 6.13. The summed E-state index contributed by atoms with van der Waals surface area (Å²) >= 11 is 11.5. The molecule has 0 unspecified atom stereocenters. The van der Waals surface area contributed by atoms with Crippen LogP contribution in [0, 0.1) is 6.92 Å². The molecule has 0 radical (unpaired) electrons. The Hall–Kier alpha value is -1.82. The molecule has 1 aliphatic rings. The van der Waals surface area contributed by atoms with E-state index < -0.39 is 0 Å². The molecule has 1 saturated heterocycles. The van der Waals surface area contributed by atoms with Crippen molar-refractivity contribution in [2.24, 2.45) is 0 Å². The van der Waals surface area contributed by atoms with E-state index in [0.717, 1.165) is 48.3 Å². The fraction of sp³-hybridized carbons (Fsp3) is 0.278. The number of rotatable bonds is 3. The highest BCUT2D eigenvalue weighted by Crippen LogP contribution is 2.23. The van der Waals surface area contributed by atoms with Gasteiger partial charge in [-0.15, -0.1) is 0 Å². The highest BCUT2D eigenvalue weighted by atomic mass is 35.5. The van der Waals surface area contributed by atoms with Crippen LogP contribution in [-0.2, 0) is 4.74 Å². The Labute approximate surface area is 152 Å². The highest BCUT2D eigenvalue weighted by Gasteiger charge is 2.11. The van der Waals surface area contributed by atoms with Crippen LogP contribution >= 0.6 is 23.8 Å². The predicted octanol–water partition coefficient (Wildman–Crippen LogP) is 4.29. The van der Waals surface area contributed by atoms with Crippen molar-refractivity contribution in [3.63, 3.8) is 0 Å². The molecular weight excluding hydrogens is 342 g/mol. The van der Waals surface area contributed by atoms with E-state index in [1.54, 1.807) is 0 Å². The molecule has 0 saturated carbocycles. The summed E-state index contributed by atoms with van der Waals surface area (Å²) in [6.07, 6.45) is 0. The van der Waals surface area contributed by atoms with E-state index in [1.165, 1.54) is 5.69 Å². The molecule has 0 aromatic heterocycles. The molecule has 0 spiro atoms. The summed E-state index contributed by atoms with van der Waals surface area (Å²) < 4.78 is 5.38. The second kappa shape index (κ2) is 7.83. The third-order valence-electron chi connectivity index (χ3n) is 4.02. The van der Waals surface area contributed by atoms with Crippen LogP contribution in [0.1, 0.15) is 5.56 Å². The lowest BCUT2D eigenvalue weighted by Gasteiger charge is -2.29. The minimum absolute atomic E-state index is 0.541. The van der Waals surface area contributed by atoms with Crippen molar-refractivity contribution < 1.29 is 4.74 Å². The Balaban J connectivity index is 1.61. The summed E-state index contributed by atoms with van der Waals surface area (Å²) in [6, 6.07) is 14.0. The van der Waals surface area contributed by atoms with Crippen LogP contribution in [0.2, 0.25) is 5.02 Å². The molecule has 0 atom stereocenters. The molecule has 1 fully saturated rings. The Morgan fingerprint density at radius 1 is 1.08 bits per heavy atom. The van der Waals surface area contributed by atoms with Crippen LogP contribution in [0.3, 0.4) is 0 Å². The first-order valence-corrected chi connectivity index (χ1v) is 8.68. The van der Waals surface area contributed by atoms with Gasteiger partial charge in [-0.25, -0.2) is 0 Å². The monoisotopic (exact) mass is 361 g/mol. The Bertz CT molecular complexity index is 715. The largest absolute Gasteiger partial charge is 0.378 e. The summed E-state index contributed by atoms with van der Waals surface area (Å²) in [5, 5.41) is 7.65. The highest BCUT2D eigenvalue weighted by molar-refractivity contribution is 7.80. The zero-order chi connectivity index (χ0) is 16.9. The SMILES string of the molecule is Cc1c(Cl)cccc1NC(=S)Nc1ccc(N2CCOCC2)cc1. The minimum Gasteiger partial charge on any atom is -0.378 e. The van der Waals surface area contributed by atoms with Crippen molar-refractivity contribution in [2.45, 2.75) is 6.92 Å². The molecule has 2 aromatic carbocycles. The summed E-state index contributed by atoms with van der Waals surface area (Å²) in [6.45, 7) is 5.39. The normalized spacial score (nSPS) is 14.3. The van der Waals surface area contributed by atoms with E-state index in [4.69, 9.17) is 28.6 Å². The van der Waals surface area contributed by atoms with Crippen molar-refractivity contribution in [1.29, 1.82) is 0 Å². The number of thiocarbonyl (C=S) groups is 1. The third kappa shape index (κ3) is 4.17. The standard InChI is InChI=1S/C18H20ClN3OS/c1-13-16(19)3-2-4-17(13)21-18(24)20-14-5-7-15(8-6-14)22-9-11-23-12-10-22/h2-8H,9-12H2,1H3,(H2,20,21,24). The Morgan fingerprint density at radius 3 is 2.50 bits per heavy atom. The number of hydrogen-bond acceptors (Lipinski definition) is 3. The molecule has 0 aliphatic carbocycles. The van der Waals surface area contributed by atoms with E-state index in [0.29, 0.717) is 5.11 Å². The van der Waals surface area contributed by atoms with Crippen molar-refractivity contribution in [2.75, 3.05) is 41.8 Å². The quantitative estimate of drug-likeness (QED) is 0.797. The van der Waals surface area contributed by atoms with Crippen LogP contribution in [0.25, 0.3) is 0 Å². The summed E-state index contributed by atoms with van der Waals surface area (Å²) in [4.78, 5) is 2.32. The molecule has 6 heteroatoms. The summed E-state index contributed by atoms with van der Waals surface area (Å²) in [5.74, 6) is 0. The molecule has 1 heterocycles.